The molecule has 6 heteroatoms. The van der Waals surface area contributed by atoms with Crippen LogP contribution in [0.15, 0.2) is 18.2 Å². The van der Waals surface area contributed by atoms with Crippen LogP contribution in [-0.4, -0.2) is 36.6 Å². The van der Waals surface area contributed by atoms with E-state index in [1.165, 1.54) is 0 Å². The summed E-state index contributed by atoms with van der Waals surface area (Å²) in [6, 6.07) is 5.73. The first kappa shape index (κ1) is 17.6. The third-order valence-corrected chi connectivity index (χ3v) is 4.19. The van der Waals surface area contributed by atoms with Gasteiger partial charge in [-0.2, -0.15) is 11.8 Å². The summed E-state index contributed by atoms with van der Waals surface area (Å²) in [4.78, 5) is 13.2. The summed E-state index contributed by atoms with van der Waals surface area (Å²) < 4.78 is 0. The normalized spacial score (nSPS) is 12.0. The molecule has 0 radical (unpaired) electrons. The fourth-order valence-electron chi connectivity index (χ4n) is 2.13. The van der Waals surface area contributed by atoms with E-state index in [1.54, 1.807) is 17.8 Å². The minimum Gasteiger partial charge on any atom is -0.379 e. The number of nitro benzene ring substituents is 1. The molecule has 21 heavy (non-hydrogen) atoms. The van der Waals surface area contributed by atoms with E-state index >= 15 is 0 Å². The second-order valence-electron chi connectivity index (χ2n) is 5.10. The number of thioether (sulfide) groups is 1. The molecule has 0 aliphatic carbocycles. The molecule has 0 saturated heterocycles. The summed E-state index contributed by atoms with van der Waals surface area (Å²) in [5.74, 6) is 1.05. The number of anilines is 2. The zero-order chi connectivity index (χ0) is 15.8. The summed E-state index contributed by atoms with van der Waals surface area (Å²) in [5.41, 5.74) is 1.45. The Labute approximate surface area is 131 Å². The first-order valence-electron chi connectivity index (χ1n) is 7.25. The van der Waals surface area contributed by atoms with E-state index < -0.39 is 0 Å². The first-order valence-corrected chi connectivity index (χ1v) is 8.65. The molecular weight excluding hydrogens is 286 g/mol. The molecule has 1 aromatic rings. The summed E-state index contributed by atoms with van der Waals surface area (Å²) >= 11 is 1.79. The van der Waals surface area contributed by atoms with Crippen LogP contribution >= 0.6 is 11.8 Å². The molecule has 0 aliphatic rings. The van der Waals surface area contributed by atoms with Crippen LogP contribution in [0, 0.1) is 10.1 Å². The Hall–Kier alpha value is -1.43. The maximum Gasteiger partial charge on any atom is 0.315 e. The van der Waals surface area contributed by atoms with Gasteiger partial charge in [0.2, 0.25) is 0 Å². The minimum absolute atomic E-state index is 0.171. The van der Waals surface area contributed by atoms with Crippen LogP contribution in [-0.2, 0) is 0 Å². The highest BCUT2D eigenvalue weighted by molar-refractivity contribution is 7.98. The molecule has 1 unspecified atom stereocenters. The first-order chi connectivity index (χ1) is 10.0. The van der Waals surface area contributed by atoms with Crippen molar-refractivity contribution in [3.8, 4) is 0 Å². The molecule has 0 aromatic heterocycles. The van der Waals surface area contributed by atoms with Gasteiger partial charge in [0.25, 0.3) is 0 Å². The van der Waals surface area contributed by atoms with Crippen molar-refractivity contribution in [3.05, 3.63) is 28.3 Å². The Balaban J connectivity index is 3.07. The van der Waals surface area contributed by atoms with Gasteiger partial charge >= 0.3 is 5.69 Å². The van der Waals surface area contributed by atoms with Gasteiger partial charge in [0.15, 0.2) is 0 Å². The molecule has 118 valence electrons. The van der Waals surface area contributed by atoms with Gasteiger partial charge in [0.05, 0.1) is 4.92 Å². The Morgan fingerprint density at radius 3 is 2.76 bits per heavy atom. The molecular formula is C15H25N3O2S. The van der Waals surface area contributed by atoms with Crippen LogP contribution in [0.3, 0.4) is 0 Å². The van der Waals surface area contributed by atoms with Gasteiger partial charge in [-0.15, -0.1) is 0 Å². The molecule has 0 spiro atoms. The second-order valence-corrected chi connectivity index (χ2v) is 6.08. The average Bonchev–Trinajstić information content (AvgIpc) is 2.48. The number of rotatable bonds is 9. The summed E-state index contributed by atoms with van der Waals surface area (Å²) in [6.07, 6.45) is 4.01. The van der Waals surface area contributed by atoms with Crippen molar-refractivity contribution in [1.82, 2.24) is 0 Å². The molecule has 0 heterocycles. The molecule has 0 fully saturated rings. The second kappa shape index (κ2) is 8.77. The predicted molar refractivity (Wildman–Crippen MR) is 92.7 cm³/mol. The number of hydrogen-bond acceptors (Lipinski definition) is 5. The third-order valence-electron chi connectivity index (χ3n) is 3.54. The smallest absolute Gasteiger partial charge is 0.315 e. The maximum atomic E-state index is 11.5. The predicted octanol–water partition coefficient (Wildman–Crippen LogP) is 3.99. The molecule has 0 saturated carbocycles. The van der Waals surface area contributed by atoms with E-state index in [0.717, 1.165) is 25.1 Å². The van der Waals surface area contributed by atoms with Gasteiger partial charge in [-0.1, -0.05) is 13.0 Å². The van der Waals surface area contributed by atoms with Crippen molar-refractivity contribution in [2.24, 2.45) is 0 Å². The Bertz CT molecular complexity index is 468. The molecule has 0 aliphatic heterocycles. The van der Waals surface area contributed by atoms with E-state index in [0.29, 0.717) is 11.4 Å². The number of para-hydroxylation sites is 1. The highest BCUT2D eigenvalue weighted by Crippen LogP contribution is 2.36. The summed E-state index contributed by atoms with van der Waals surface area (Å²) in [6.45, 7) is 4.88. The van der Waals surface area contributed by atoms with E-state index in [2.05, 4.69) is 18.5 Å². The van der Waals surface area contributed by atoms with Crippen molar-refractivity contribution in [2.45, 2.75) is 32.7 Å². The van der Waals surface area contributed by atoms with Gasteiger partial charge in [-0.05, 0) is 43.9 Å². The minimum atomic E-state index is -0.287. The SMILES string of the molecule is CCCNc1cccc(N(C)C(C)CCSC)c1[N+](=O)[O-]. The number of nitrogens with one attached hydrogen (secondary N) is 1. The lowest BCUT2D eigenvalue weighted by molar-refractivity contribution is -0.383. The molecule has 1 aromatic carbocycles. The number of nitro groups is 1. The number of benzene rings is 1. The highest BCUT2D eigenvalue weighted by Gasteiger charge is 2.24. The van der Waals surface area contributed by atoms with Crippen LogP contribution in [0.25, 0.3) is 0 Å². The van der Waals surface area contributed by atoms with E-state index in [-0.39, 0.29) is 16.7 Å². The van der Waals surface area contributed by atoms with Crippen LogP contribution in [0.4, 0.5) is 17.1 Å². The molecule has 1 rings (SSSR count). The van der Waals surface area contributed by atoms with Gasteiger partial charge in [-0.25, -0.2) is 0 Å². The van der Waals surface area contributed by atoms with Crippen LogP contribution in [0.1, 0.15) is 26.7 Å². The number of hydrogen-bond donors (Lipinski definition) is 1. The van der Waals surface area contributed by atoms with Crippen molar-refractivity contribution in [1.29, 1.82) is 0 Å². The lowest BCUT2D eigenvalue weighted by atomic mass is 10.1. The van der Waals surface area contributed by atoms with Crippen molar-refractivity contribution < 1.29 is 4.92 Å². The maximum absolute atomic E-state index is 11.5. The zero-order valence-electron chi connectivity index (χ0n) is 13.3. The van der Waals surface area contributed by atoms with Crippen molar-refractivity contribution in [2.75, 3.05) is 35.8 Å². The Morgan fingerprint density at radius 1 is 1.48 bits per heavy atom. The molecule has 0 amide bonds. The Morgan fingerprint density at radius 2 is 2.19 bits per heavy atom. The van der Waals surface area contributed by atoms with Gasteiger partial charge < -0.3 is 10.2 Å². The van der Waals surface area contributed by atoms with E-state index in [4.69, 9.17) is 0 Å². The van der Waals surface area contributed by atoms with Crippen molar-refractivity contribution >= 4 is 28.8 Å². The van der Waals surface area contributed by atoms with Gasteiger partial charge in [0, 0.05) is 19.6 Å². The fourth-order valence-corrected chi connectivity index (χ4v) is 2.71. The van der Waals surface area contributed by atoms with Crippen molar-refractivity contribution in [3.63, 3.8) is 0 Å². The van der Waals surface area contributed by atoms with Crippen LogP contribution in [0.5, 0.6) is 0 Å². The monoisotopic (exact) mass is 311 g/mol. The third kappa shape index (κ3) is 4.81. The zero-order valence-corrected chi connectivity index (χ0v) is 14.1. The molecule has 1 N–H and O–H groups in total. The largest absolute Gasteiger partial charge is 0.379 e. The van der Waals surface area contributed by atoms with E-state index in [9.17, 15) is 10.1 Å². The highest BCUT2D eigenvalue weighted by atomic mass is 32.2. The van der Waals surface area contributed by atoms with Gasteiger partial charge in [0.1, 0.15) is 11.4 Å². The fraction of sp³-hybridized carbons (Fsp3) is 0.600. The summed E-state index contributed by atoms with van der Waals surface area (Å²) in [5, 5.41) is 14.6. The molecule has 1 atom stereocenters. The van der Waals surface area contributed by atoms with Gasteiger partial charge in [-0.3, -0.25) is 10.1 Å². The molecule has 0 bridgehead atoms. The lowest BCUT2D eigenvalue weighted by Gasteiger charge is -2.27. The quantitative estimate of drug-likeness (QED) is 0.552. The molecule has 5 nitrogen and oxygen atoms in total. The number of nitrogens with zero attached hydrogens (tertiary/aromatic N) is 2. The van der Waals surface area contributed by atoms with Crippen LogP contribution < -0.4 is 10.2 Å². The standard InChI is InChI=1S/C15H25N3O2S/c1-5-10-16-13-7-6-8-14(15(13)18(19)20)17(3)12(2)9-11-21-4/h6-8,12,16H,5,9-11H2,1-4H3. The Kier molecular flexibility index (Phi) is 7.36. The average molecular weight is 311 g/mol. The topological polar surface area (TPSA) is 58.4 Å². The summed E-state index contributed by atoms with van der Waals surface area (Å²) in [7, 11) is 1.93. The van der Waals surface area contributed by atoms with E-state index in [1.807, 2.05) is 31.0 Å². The van der Waals surface area contributed by atoms with Crippen LogP contribution in [0.2, 0.25) is 0 Å². The lowest BCUT2D eigenvalue weighted by Crippen LogP contribution is -2.30.